The number of rotatable bonds is 6. The van der Waals surface area contributed by atoms with Crippen molar-refractivity contribution in [3.8, 4) is 0 Å². The van der Waals surface area contributed by atoms with Gasteiger partial charge >= 0.3 is 0 Å². The van der Waals surface area contributed by atoms with Gasteiger partial charge in [-0.3, -0.25) is 0 Å². The van der Waals surface area contributed by atoms with E-state index in [0.29, 0.717) is 28.7 Å². The molecule has 0 aliphatic carbocycles. The number of hydrogen-bond donors (Lipinski definition) is 1. The molecule has 0 radical (unpaired) electrons. The van der Waals surface area contributed by atoms with Crippen molar-refractivity contribution in [1.29, 1.82) is 0 Å². The zero-order valence-corrected chi connectivity index (χ0v) is 12.6. The Labute approximate surface area is 118 Å². The van der Waals surface area contributed by atoms with Gasteiger partial charge in [0.25, 0.3) is 0 Å². The molecular formula is C11H16Cl2N2O2S. The molecule has 7 heteroatoms. The molecule has 0 bridgehead atoms. The van der Waals surface area contributed by atoms with Crippen molar-refractivity contribution < 1.29 is 8.42 Å². The smallest absolute Gasteiger partial charge is 0.215 e. The second kappa shape index (κ2) is 6.73. The minimum absolute atomic E-state index is 0.142. The van der Waals surface area contributed by atoms with E-state index in [1.807, 2.05) is 19.0 Å². The predicted octanol–water partition coefficient (Wildman–Crippen LogP) is 1.97. The third-order valence-corrected chi connectivity index (χ3v) is 4.16. The van der Waals surface area contributed by atoms with Crippen LogP contribution in [-0.2, 0) is 15.8 Å². The molecule has 1 aromatic rings. The molecular weight excluding hydrogens is 295 g/mol. The predicted molar refractivity (Wildman–Crippen MR) is 75.6 cm³/mol. The second-order valence-electron chi connectivity index (χ2n) is 4.19. The fraction of sp³-hybridized carbons (Fsp3) is 0.455. The summed E-state index contributed by atoms with van der Waals surface area (Å²) in [7, 11) is 0.389. The van der Waals surface area contributed by atoms with Gasteiger partial charge in [-0.25, -0.2) is 13.1 Å². The van der Waals surface area contributed by atoms with Crippen LogP contribution in [0.15, 0.2) is 18.2 Å². The summed E-state index contributed by atoms with van der Waals surface area (Å²) < 4.78 is 26.1. The fourth-order valence-corrected chi connectivity index (χ4v) is 3.04. The van der Waals surface area contributed by atoms with Crippen molar-refractivity contribution in [1.82, 2.24) is 9.62 Å². The highest BCUT2D eigenvalue weighted by Crippen LogP contribution is 2.22. The summed E-state index contributed by atoms with van der Waals surface area (Å²) in [5.41, 5.74) is 0.540. The Morgan fingerprint density at radius 2 is 1.94 bits per heavy atom. The van der Waals surface area contributed by atoms with Crippen LogP contribution in [0.25, 0.3) is 0 Å². The van der Waals surface area contributed by atoms with Crippen LogP contribution in [0.1, 0.15) is 5.56 Å². The maximum absolute atomic E-state index is 11.8. The van der Waals surface area contributed by atoms with E-state index < -0.39 is 10.0 Å². The summed E-state index contributed by atoms with van der Waals surface area (Å²) in [5, 5.41) is 0.849. The SMILES string of the molecule is CN(C)CCNS(=O)(=O)Cc1ccc(Cl)cc1Cl. The average Bonchev–Trinajstić information content (AvgIpc) is 2.21. The number of likely N-dealkylation sites (N-methyl/N-ethyl adjacent to an activating group) is 1. The summed E-state index contributed by atoms with van der Waals surface area (Å²) in [6.07, 6.45) is 0. The van der Waals surface area contributed by atoms with E-state index in [-0.39, 0.29) is 5.75 Å². The Kier molecular flexibility index (Phi) is 5.88. The Balaban J connectivity index is 2.65. The highest BCUT2D eigenvalue weighted by Gasteiger charge is 2.13. The highest BCUT2D eigenvalue weighted by atomic mass is 35.5. The van der Waals surface area contributed by atoms with E-state index in [9.17, 15) is 8.42 Å². The molecule has 1 N–H and O–H groups in total. The molecule has 0 heterocycles. The molecule has 0 aromatic heterocycles. The first kappa shape index (κ1) is 15.7. The van der Waals surface area contributed by atoms with E-state index in [1.165, 1.54) is 6.07 Å². The topological polar surface area (TPSA) is 49.4 Å². The molecule has 0 saturated carbocycles. The first-order valence-corrected chi connectivity index (χ1v) is 7.77. The van der Waals surface area contributed by atoms with Crippen LogP contribution in [0.2, 0.25) is 10.0 Å². The lowest BCUT2D eigenvalue weighted by Gasteiger charge is -2.11. The molecule has 0 spiro atoms. The molecule has 1 rings (SSSR count). The zero-order valence-electron chi connectivity index (χ0n) is 10.3. The van der Waals surface area contributed by atoms with E-state index in [1.54, 1.807) is 12.1 Å². The molecule has 0 aliphatic heterocycles. The number of halogens is 2. The maximum atomic E-state index is 11.8. The lowest BCUT2D eigenvalue weighted by molar-refractivity contribution is 0.412. The molecule has 0 unspecified atom stereocenters. The van der Waals surface area contributed by atoms with Gasteiger partial charge in [0.1, 0.15) is 0 Å². The Hall–Kier alpha value is -0.330. The second-order valence-corrected chi connectivity index (χ2v) is 6.84. The Bertz CT molecular complexity index is 504. The van der Waals surface area contributed by atoms with Gasteiger partial charge in [-0.15, -0.1) is 0 Å². The lowest BCUT2D eigenvalue weighted by Crippen LogP contribution is -2.32. The molecule has 4 nitrogen and oxygen atoms in total. The largest absolute Gasteiger partial charge is 0.308 e. The van der Waals surface area contributed by atoms with Crippen molar-refractivity contribution >= 4 is 33.2 Å². The van der Waals surface area contributed by atoms with Crippen LogP contribution in [0.3, 0.4) is 0 Å². The van der Waals surface area contributed by atoms with Crippen molar-refractivity contribution in [2.45, 2.75) is 5.75 Å². The Morgan fingerprint density at radius 3 is 2.50 bits per heavy atom. The van der Waals surface area contributed by atoms with Crippen LogP contribution in [0.5, 0.6) is 0 Å². The van der Waals surface area contributed by atoms with Crippen LogP contribution >= 0.6 is 23.2 Å². The van der Waals surface area contributed by atoms with Gasteiger partial charge in [-0.05, 0) is 31.8 Å². The molecule has 0 aliphatic rings. The Morgan fingerprint density at radius 1 is 1.28 bits per heavy atom. The molecule has 0 saturated heterocycles. The van der Waals surface area contributed by atoms with Gasteiger partial charge in [-0.1, -0.05) is 29.3 Å². The molecule has 18 heavy (non-hydrogen) atoms. The molecule has 1 aromatic carbocycles. The average molecular weight is 311 g/mol. The fourth-order valence-electron chi connectivity index (χ4n) is 1.32. The monoisotopic (exact) mass is 310 g/mol. The number of benzene rings is 1. The highest BCUT2D eigenvalue weighted by molar-refractivity contribution is 7.88. The minimum atomic E-state index is -3.37. The third-order valence-electron chi connectivity index (χ3n) is 2.24. The van der Waals surface area contributed by atoms with Gasteiger partial charge in [0.05, 0.1) is 5.75 Å². The van der Waals surface area contributed by atoms with E-state index >= 15 is 0 Å². The molecule has 102 valence electrons. The van der Waals surface area contributed by atoms with E-state index in [4.69, 9.17) is 23.2 Å². The number of hydrogen-bond acceptors (Lipinski definition) is 3. The van der Waals surface area contributed by atoms with Crippen molar-refractivity contribution in [2.24, 2.45) is 0 Å². The minimum Gasteiger partial charge on any atom is -0.308 e. The summed E-state index contributed by atoms with van der Waals surface area (Å²) in [6, 6.07) is 4.78. The molecule has 0 amide bonds. The first-order valence-electron chi connectivity index (χ1n) is 5.36. The number of nitrogens with zero attached hydrogens (tertiary/aromatic N) is 1. The van der Waals surface area contributed by atoms with E-state index in [0.717, 1.165) is 0 Å². The lowest BCUT2D eigenvalue weighted by atomic mass is 10.2. The number of nitrogens with one attached hydrogen (secondary N) is 1. The van der Waals surface area contributed by atoms with Crippen LogP contribution in [-0.4, -0.2) is 40.5 Å². The van der Waals surface area contributed by atoms with Gasteiger partial charge in [0.15, 0.2) is 0 Å². The molecule has 0 fully saturated rings. The van der Waals surface area contributed by atoms with Crippen LogP contribution in [0.4, 0.5) is 0 Å². The molecule has 0 atom stereocenters. The number of sulfonamides is 1. The summed E-state index contributed by atoms with van der Waals surface area (Å²) in [5.74, 6) is -0.142. The summed E-state index contributed by atoms with van der Waals surface area (Å²) >= 11 is 11.7. The third kappa shape index (κ3) is 5.54. The summed E-state index contributed by atoms with van der Waals surface area (Å²) in [6.45, 7) is 1.02. The van der Waals surface area contributed by atoms with E-state index in [2.05, 4.69) is 4.72 Å². The van der Waals surface area contributed by atoms with Crippen LogP contribution < -0.4 is 4.72 Å². The normalized spacial score (nSPS) is 12.1. The first-order chi connectivity index (χ1) is 8.30. The van der Waals surface area contributed by atoms with Crippen LogP contribution in [0, 0.1) is 0 Å². The van der Waals surface area contributed by atoms with Gasteiger partial charge < -0.3 is 4.90 Å². The zero-order chi connectivity index (χ0) is 13.8. The maximum Gasteiger partial charge on any atom is 0.215 e. The summed E-state index contributed by atoms with van der Waals surface area (Å²) in [4.78, 5) is 1.90. The standard InChI is InChI=1S/C11H16Cl2N2O2S/c1-15(2)6-5-14-18(16,17)8-9-3-4-10(12)7-11(9)13/h3-4,7,14H,5-6,8H2,1-2H3. The van der Waals surface area contributed by atoms with Gasteiger partial charge in [0.2, 0.25) is 10.0 Å². The van der Waals surface area contributed by atoms with Gasteiger partial charge in [0, 0.05) is 23.1 Å². The quantitative estimate of drug-likeness (QED) is 0.874. The van der Waals surface area contributed by atoms with Gasteiger partial charge in [-0.2, -0.15) is 0 Å². The van der Waals surface area contributed by atoms with Crippen molar-refractivity contribution in [3.63, 3.8) is 0 Å². The van der Waals surface area contributed by atoms with Crippen molar-refractivity contribution in [2.75, 3.05) is 27.2 Å². The van der Waals surface area contributed by atoms with Crippen molar-refractivity contribution in [3.05, 3.63) is 33.8 Å².